The molecule has 0 bridgehead atoms. The molecule has 0 heterocycles. The van der Waals surface area contributed by atoms with Crippen LogP contribution in [0.1, 0.15) is 19.4 Å². The van der Waals surface area contributed by atoms with E-state index < -0.39 is 0 Å². The van der Waals surface area contributed by atoms with Crippen LogP contribution in [-0.4, -0.2) is 13.1 Å². The summed E-state index contributed by atoms with van der Waals surface area (Å²) in [5, 5.41) is 8.76. The number of hydrogen-bond donors (Lipinski definition) is 1. The van der Waals surface area contributed by atoms with E-state index in [1.54, 1.807) is 12.1 Å². The Hall–Kier alpha value is -1.69. The highest BCUT2D eigenvalue weighted by Crippen LogP contribution is 2.24. The fourth-order valence-electron chi connectivity index (χ4n) is 1.20. The Labute approximate surface area is 84.7 Å². The van der Waals surface area contributed by atoms with Gasteiger partial charge < -0.3 is 10.6 Å². The van der Waals surface area contributed by atoms with Crippen LogP contribution in [0, 0.1) is 11.3 Å². The lowest BCUT2D eigenvalue weighted by Gasteiger charge is -2.25. The normalized spacial score (nSPS) is 9.93. The van der Waals surface area contributed by atoms with Crippen molar-refractivity contribution in [3.63, 3.8) is 0 Å². The Balaban J connectivity index is 3.13. The maximum absolute atomic E-state index is 8.76. The second kappa shape index (κ2) is 4.01. The molecule has 0 unspecified atom stereocenters. The highest BCUT2D eigenvalue weighted by Gasteiger charge is 2.08. The van der Waals surface area contributed by atoms with Crippen LogP contribution in [0.15, 0.2) is 18.2 Å². The highest BCUT2D eigenvalue weighted by molar-refractivity contribution is 5.69. The predicted octanol–water partition coefficient (Wildman–Crippen LogP) is 1.99. The van der Waals surface area contributed by atoms with E-state index in [-0.39, 0.29) is 0 Å². The fraction of sp³-hybridized carbons (Fsp3) is 0.364. The largest absolute Gasteiger partial charge is 0.397 e. The summed E-state index contributed by atoms with van der Waals surface area (Å²) >= 11 is 0. The molecule has 1 rings (SSSR count). The smallest absolute Gasteiger partial charge is 0.0992 e. The van der Waals surface area contributed by atoms with E-state index in [0.29, 0.717) is 17.3 Å². The first-order valence-corrected chi connectivity index (χ1v) is 4.58. The third-order valence-corrected chi connectivity index (χ3v) is 2.31. The van der Waals surface area contributed by atoms with Crippen molar-refractivity contribution in [2.24, 2.45) is 0 Å². The molecule has 0 aliphatic rings. The first-order valence-electron chi connectivity index (χ1n) is 4.58. The minimum Gasteiger partial charge on any atom is -0.397 e. The summed E-state index contributed by atoms with van der Waals surface area (Å²) in [7, 11) is 1.97. The van der Waals surface area contributed by atoms with Crippen LogP contribution in [0.3, 0.4) is 0 Å². The van der Waals surface area contributed by atoms with E-state index in [2.05, 4.69) is 24.8 Å². The molecule has 0 radical (unpaired) electrons. The molecule has 0 aliphatic heterocycles. The lowest BCUT2D eigenvalue weighted by atomic mass is 10.1. The van der Waals surface area contributed by atoms with Crippen LogP contribution >= 0.6 is 0 Å². The molecule has 1 aromatic carbocycles. The third kappa shape index (κ3) is 1.97. The molecule has 3 nitrogen and oxygen atoms in total. The van der Waals surface area contributed by atoms with E-state index in [1.165, 1.54) is 0 Å². The zero-order valence-corrected chi connectivity index (χ0v) is 8.78. The third-order valence-electron chi connectivity index (χ3n) is 2.31. The van der Waals surface area contributed by atoms with Crippen LogP contribution in [0.4, 0.5) is 11.4 Å². The molecule has 0 atom stereocenters. The van der Waals surface area contributed by atoms with Crippen molar-refractivity contribution >= 4 is 11.4 Å². The van der Waals surface area contributed by atoms with Crippen molar-refractivity contribution in [3.8, 4) is 6.07 Å². The highest BCUT2D eigenvalue weighted by atomic mass is 15.1. The summed E-state index contributed by atoms with van der Waals surface area (Å²) in [4.78, 5) is 2.05. The van der Waals surface area contributed by atoms with E-state index in [9.17, 15) is 0 Å². The van der Waals surface area contributed by atoms with Gasteiger partial charge in [-0.25, -0.2) is 0 Å². The molecule has 0 aromatic heterocycles. The molecule has 0 saturated carbocycles. The summed E-state index contributed by atoms with van der Waals surface area (Å²) in [6, 6.07) is 7.79. The van der Waals surface area contributed by atoms with Gasteiger partial charge in [-0.05, 0) is 32.0 Å². The Kier molecular flexibility index (Phi) is 2.98. The van der Waals surface area contributed by atoms with Crippen LogP contribution in [-0.2, 0) is 0 Å². The fourth-order valence-corrected chi connectivity index (χ4v) is 1.20. The predicted molar refractivity (Wildman–Crippen MR) is 59.1 cm³/mol. The minimum absolute atomic E-state index is 0.367. The van der Waals surface area contributed by atoms with Gasteiger partial charge in [0.15, 0.2) is 0 Å². The molecule has 0 amide bonds. The van der Waals surface area contributed by atoms with Crippen molar-refractivity contribution in [3.05, 3.63) is 23.8 Å². The molecule has 1 aromatic rings. The molecule has 0 fully saturated rings. The number of nitrogens with zero attached hydrogens (tertiary/aromatic N) is 2. The number of rotatable bonds is 2. The van der Waals surface area contributed by atoms with Gasteiger partial charge in [0.05, 0.1) is 23.0 Å². The monoisotopic (exact) mass is 189 g/mol. The van der Waals surface area contributed by atoms with Gasteiger partial charge in [0.25, 0.3) is 0 Å². The Bertz CT molecular complexity index is 363. The number of nitrogens with two attached hydrogens (primary N) is 1. The van der Waals surface area contributed by atoms with Gasteiger partial charge >= 0.3 is 0 Å². The van der Waals surface area contributed by atoms with Gasteiger partial charge in [0.1, 0.15) is 0 Å². The minimum atomic E-state index is 0.367. The molecule has 3 heteroatoms. The van der Waals surface area contributed by atoms with Gasteiger partial charge in [-0.3, -0.25) is 0 Å². The van der Waals surface area contributed by atoms with Crippen molar-refractivity contribution in [2.75, 3.05) is 17.7 Å². The molecule has 0 aliphatic carbocycles. The summed E-state index contributed by atoms with van der Waals surface area (Å²) in [5.41, 5.74) is 8.10. The van der Waals surface area contributed by atoms with Crippen molar-refractivity contribution < 1.29 is 0 Å². The van der Waals surface area contributed by atoms with E-state index in [4.69, 9.17) is 11.0 Å². The van der Waals surface area contributed by atoms with Gasteiger partial charge in [0.2, 0.25) is 0 Å². The molecular weight excluding hydrogens is 174 g/mol. The molecular formula is C11H15N3. The van der Waals surface area contributed by atoms with Crippen LogP contribution in [0.5, 0.6) is 0 Å². The Morgan fingerprint density at radius 2 is 2.07 bits per heavy atom. The van der Waals surface area contributed by atoms with E-state index in [1.807, 2.05) is 13.1 Å². The Morgan fingerprint density at radius 3 is 2.57 bits per heavy atom. The number of benzene rings is 1. The Morgan fingerprint density at radius 1 is 1.43 bits per heavy atom. The van der Waals surface area contributed by atoms with Crippen LogP contribution in [0.25, 0.3) is 0 Å². The van der Waals surface area contributed by atoms with E-state index >= 15 is 0 Å². The van der Waals surface area contributed by atoms with Crippen molar-refractivity contribution in [1.29, 1.82) is 5.26 Å². The summed E-state index contributed by atoms with van der Waals surface area (Å²) in [5.74, 6) is 0. The maximum Gasteiger partial charge on any atom is 0.0992 e. The average molecular weight is 189 g/mol. The quantitative estimate of drug-likeness (QED) is 0.724. The zero-order valence-electron chi connectivity index (χ0n) is 8.78. The van der Waals surface area contributed by atoms with Gasteiger partial charge in [-0.15, -0.1) is 0 Å². The number of nitriles is 1. The molecule has 14 heavy (non-hydrogen) atoms. The van der Waals surface area contributed by atoms with E-state index in [0.717, 1.165) is 5.69 Å². The lowest BCUT2D eigenvalue weighted by molar-refractivity contribution is 0.755. The number of anilines is 2. The maximum atomic E-state index is 8.76. The van der Waals surface area contributed by atoms with Gasteiger partial charge in [-0.1, -0.05) is 0 Å². The van der Waals surface area contributed by atoms with Crippen molar-refractivity contribution in [2.45, 2.75) is 19.9 Å². The number of hydrogen-bond acceptors (Lipinski definition) is 3. The lowest BCUT2D eigenvalue weighted by Crippen LogP contribution is -2.26. The SMILES string of the molecule is CC(C)N(C)c1cc(C#N)ccc1N. The molecule has 2 N–H and O–H groups in total. The first kappa shape index (κ1) is 10.4. The van der Waals surface area contributed by atoms with Gasteiger partial charge in [-0.2, -0.15) is 5.26 Å². The molecule has 74 valence electrons. The second-order valence-electron chi connectivity index (χ2n) is 3.59. The standard InChI is InChI=1S/C11H15N3/c1-8(2)14(3)11-6-9(7-12)4-5-10(11)13/h4-6,8H,13H2,1-3H3. The molecule has 0 saturated heterocycles. The topological polar surface area (TPSA) is 53.0 Å². The summed E-state index contributed by atoms with van der Waals surface area (Å²) < 4.78 is 0. The van der Waals surface area contributed by atoms with Crippen LogP contribution < -0.4 is 10.6 Å². The zero-order chi connectivity index (χ0) is 10.7. The van der Waals surface area contributed by atoms with Crippen LogP contribution in [0.2, 0.25) is 0 Å². The van der Waals surface area contributed by atoms with Gasteiger partial charge in [0, 0.05) is 13.1 Å². The average Bonchev–Trinajstić information content (AvgIpc) is 2.17. The summed E-state index contributed by atoms with van der Waals surface area (Å²) in [6.45, 7) is 4.16. The summed E-state index contributed by atoms with van der Waals surface area (Å²) in [6.07, 6.45) is 0. The second-order valence-corrected chi connectivity index (χ2v) is 3.59. The molecule has 0 spiro atoms. The van der Waals surface area contributed by atoms with Crippen molar-refractivity contribution in [1.82, 2.24) is 0 Å². The number of nitrogen functional groups attached to an aromatic ring is 1. The first-order chi connectivity index (χ1) is 6.56.